The van der Waals surface area contributed by atoms with Gasteiger partial charge in [-0.1, -0.05) is 24.3 Å². The van der Waals surface area contributed by atoms with E-state index >= 15 is 0 Å². The number of halogens is 1. The number of hydrogen-bond acceptors (Lipinski definition) is 3. The number of aromatic nitrogens is 1. The molecule has 0 bridgehead atoms. The molecule has 0 spiro atoms. The predicted octanol–water partition coefficient (Wildman–Crippen LogP) is 6.32. The number of benzene rings is 4. The number of hydrogen-bond donors (Lipinski definition) is 5. The highest BCUT2D eigenvalue weighted by Crippen LogP contribution is 2.39. The number of fused-ring (bicyclic) bond motifs is 3. The molecule has 0 atom stereocenters. The molecule has 0 aliphatic rings. The molecule has 0 saturated heterocycles. The van der Waals surface area contributed by atoms with Gasteiger partial charge in [0.25, 0.3) is 11.8 Å². The molecule has 40 heavy (non-hydrogen) atoms. The van der Waals surface area contributed by atoms with Crippen molar-refractivity contribution in [1.29, 1.82) is 0 Å². The second-order valence-corrected chi connectivity index (χ2v) is 9.85. The zero-order valence-electron chi connectivity index (χ0n) is 22.2. The van der Waals surface area contributed by atoms with Crippen molar-refractivity contribution >= 4 is 51.0 Å². The summed E-state index contributed by atoms with van der Waals surface area (Å²) in [5.41, 5.74) is 11.3. The van der Waals surface area contributed by atoms with Gasteiger partial charge in [0.05, 0.1) is 11.1 Å². The highest BCUT2D eigenvalue weighted by atomic mass is 19.1. The van der Waals surface area contributed by atoms with Crippen molar-refractivity contribution in [3.8, 4) is 11.1 Å². The van der Waals surface area contributed by atoms with E-state index in [9.17, 15) is 18.8 Å². The second kappa shape index (κ2) is 10.5. The van der Waals surface area contributed by atoms with Crippen LogP contribution >= 0.6 is 0 Å². The molecule has 1 aromatic heterocycles. The number of urea groups is 1. The Kier molecular flexibility index (Phi) is 6.96. The summed E-state index contributed by atoms with van der Waals surface area (Å²) in [6, 6.07) is 19.6. The first-order chi connectivity index (χ1) is 19.1. The van der Waals surface area contributed by atoms with Crippen molar-refractivity contribution in [3.63, 3.8) is 0 Å². The zero-order chi connectivity index (χ0) is 28.6. The largest absolute Gasteiger partial charge is 0.366 e. The number of H-pyrrole nitrogens is 1. The van der Waals surface area contributed by atoms with Gasteiger partial charge < -0.3 is 26.7 Å². The van der Waals surface area contributed by atoms with Gasteiger partial charge in [-0.25, -0.2) is 9.18 Å². The number of nitrogens with two attached hydrogens (primary N) is 1. The lowest BCUT2D eigenvalue weighted by molar-refractivity contribution is 0.0998. The Morgan fingerprint density at radius 2 is 1.65 bits per heavy atom. The number of rotatable bonds is 6. The lowest BCUT2D eigenvalue weighted by Gasteiger charge is -2.15. The summed E-state index contributed by atoms with van der Waals surface area (Å²) in [6.45, 7) is 5.64. The summed E-state index contributed by atoms with van der Waals surface area (Å²) in [5, 5.41) is 10.1. The van der Waals surface area contributed by atoms with Crippen LogP contribution in [0.3, 0.4) is 0 Å². The quantitative estimate of drug-likeness (QED) is 0.174. The van der Waals surface area contributed by atoms with Crippen LogP contribution in [-0.2, 0) is 0 Å². The van der Waals surface area contributed by atoms with Crippen LogP contribution in [-0.4, -0.2) is 28.9 Å². The average molecular weight is 538 g/mol. The van der Waals surface area contributed by atoms with Gasteiger partial charge in [0, 0.05) is 39.3 Å². The van der Waals surface area contributed by atoms with Crippen molar-refractivity contribution in [2.45, 2.75) is 26.8 Å². The van der Waals surface area contributed by atoms with E-state index in [0.717, 1.165) is 27.5 Å². The third kappa shape index (κ3) is 5.09. The summed E-state index contributed by atoms with van der Waals surface area (Å²) >= 11 is 0. The Morgan fingerprint density at radius 3 is 2.35 bits per heavy atom. The normalized spacial score (nSPS) is 11.1. The molecule has 202 valence electrons. The minimum Gasteiger partial charge on any atom is -0.366 e. The Morgan fingerprint density at radius 1 is 0.900 bits per heavy atom. The average Bonchev–Trinajstić information content (AvgIpc) is 3.28. The monoisotopic (exact) mass is 537 g/mol. The molecule has 0 saturated carbocycles. The summed E-state index contributed by atoms with van der Waals surface area (Å²) < 4.78 is 13.3. The molecule has 9 heteroatoms. The number of nitrogens with one attached hydrogen (secondary N) is 4. The molecule has 5 rings (SSSR count). The maximum atomic E-state index is 13.3. The summed E-state index contributed by atoms with van der Waals surface area (Å²) in [5.74, 6) is -1.35. The number of carbonyl (C=O) groups excluding carboxylic acids is 3. The van der Waals surface area contributed by atoms with E-state index in [2.05, 4.69) is 20.9 Å². The summed E-state index contributed by atoms with van der Waals surface area (Å²) in [6.07, 6.45) is 0. The fourth-order valence-corrected chi connectivity index (χ4v) is 4.81. The van der Waals surface area contributed by atoms with Gasteiger partial charge in [0.15, 0.2) is 0 Å². The van der Waals surface area contributed by atoms with E-state index in [0.29, 0.717) is 33.5 Å². The first-order valence-corrected chi connectivity index (χ1v) is 12.7. The molecule has 4 amide bonds. The Hall–Kier alpha value is -5.18. The van der Waals surface area contributed by atoms with Crippen molar-refractivity contribution in [1.82, 2.24) is 10.3 Å². The lowest BCUT2D eigenvalue weighted by Crippen LogP contribution is -2.34. The van der Waals surface area contributed by atoms with E-state index in [1.165, 1.54) is 24.3 Å². The Bertz CT molecular complexity index is 1790. The molecule has 5 aromatic rings. The van der Waals surface area contributed by atoms with Crippen molar-refractivity contribution in [2.75, 3.05) is 10.6 Å². The Labute approximate surface area is 229 Å². The molecule has 0 aliphatic heterocycles. The van der Waals surface area contributed by atoms with Crippen LogP contribution in [0.4, 0.5) is 20.6 Å². The van der Waals surface area contributed by atoms with Gasteiger partial charge >= 0.3 is 6.03 Å². The van der Waals surface area contributed by atoms with Gasteiger partial charge in [-0.3, -0.25) is 9.59 Å². The molecule has 0 radical (unpaired) electrons. The molecule has 0 fully saturated rings. The predicted molar refractivity (Wildman–Crippen MR) is 156 cm³/mol. The molecule has 6 N–H and O–H groups in total. The second-order valence-electron chi connectivity index (χ2n) is 9.85. The standard InChI is InChI=1S/C31H28FN5O3/c1-16(2)34-31(40)35-20-11-12-23-26(15-20)36-28-24(29(33)38)14-13-22(27(23)28)21-5-4-6-25(17(21)3)37-30(39)18-7-9-19(32)10-8-18/h4-16,36H,1-3H3,(H2,33,38)(H,37,39)(H2,34,35,40). The maximum absolute atomic E-state index is 13.3. The summed E-state index contributed by atoms with van der Waals surface area (Å²) in [4.78, 5) is 40.7. The van der Waals surface area contributed by atoms with E-state index < -0.39 is 11.7 Å². The first kappa shape index (κ1) is 26.4. The van der Waals surface area contributed by atoms with E-state index in [4.69, 9.17) is 5.73 Å². The van der Waals surface area contributed by atoms with Crippen LogP contribution < -0.4 is 21.7 Å². The fraction of sp³-hybridized carbons (Fsp3) is 0.129. The zero-order valence-corrected chi connectivity index (χ0v) is 22.2. The molecule has 0 aliphatic carbocycles. The molecular formula is C31H28FN5O3. The fourth-order valence-electron chi connectivity index (χ4n) is 4.81. The molecule has 8 nitrogen and oxygen atoms in total. The summed E-state index contributed by atoms with van der Waals surface area (Å²) in [7, 11) is 0. The van der Waals surface area contributed by atoms with Gasteiger partial charge in [-0.2, -0.15) is 0 Å². The third-order valence-corrected chi connectivity index (χ3v) is 6.68. The van der Waals surface area contributed by atoms with Gasteiger partial charge in [0.2, 0.25) is 0 Å². The third-order valence-electron chi connectivity index (χ3n) is 6.68. The van der Waals surface area contributed by atoms with Crippen LogP contribution in [0.25, 0.3) is 32.9 Å². The smallest absolute Gasteiger partial charge is 0.319 e. The van der Waals surface area contributed by atoms with Crippen LogP contribution in [0.1, 0.15) is 40.1 Å². The van der Waals surface area contributed by atoms with E-state index in [1.807, 2.05) is 45.0 Å². The number of carbonyl (C=O) groups is 3. The Balaban J connectivity index is 1.60. The SMILES string of the molecule is Cc1c(NC(=O)c2ccc(F)cc2)cccc1-c1ccc(C(N)=O)c2[nH]c3cc(NC(=O)NC(C)C)ccc3c12. The van der Waals surface area contributed by atoms with Gasteiger partial charge in [-0.15, -0.1) is 0 Å². The van der Waals surface area contributed by atoms with E-state index in [-0.39, 0.29) is 18.0 Å². The highest BCUT2D eigenvalue weighted by molar-refractivity contribution is 6.20. The van der Waals surface area contributed by atoms with Crippen LogP contribution in [0.2, 0.25) is 0 Å². The number of aromatic amines is 1. The van der Waals surface area contributed by atoms with Gasteiger partial charge in [-0.05, 0) is 86.0 Å². The maximum Gasteiger partial charge on any atom is 0.319 e. The van der Waals surface area contributed by atoms with Crippen molar-refractivity contribution in [3.05, 3.63) is 95.3 Å². The van der Waals surface area contributed by atoms with Crippen molar-refractivity contribution < 1.29 is 18.8 Å². The molecule has 1 heterocycles. The molecular weight excluding hydrogens is 509 g/mol. The number of anilines is 2. The van der Waals surface area contributed by atoms with E-state index in [1.54, 1.807) is 24.3 Å². The van der Waals surface area contributed by atoms with Crippen LogP contribution in [0, 0.1) is 12.7 Å². The van der Waals surface area contributed by atoms with Crippen LogP contribution in [0.15, 0.2) is 72.8 Å². The minimum atomic E-state index is -0.574. The topological polar surface area (TPSA) is 129 Å². The van der Waals surface area contributed by atoms with Gasteiger partial charge in [0.1, 0.15) is 5.82 Å². The molecule has 4 aromatic carbocycles. The highest BCUT2D eigenvalue weighted by Gasteiger charge is 2.19. The minimum absolute atomic E-state index is 0.0167. The van der Waals surface area contributed by atoms with Crippen LogP contribution in [0.5, 0.6) is 0 Å². The number of primary amides is 1. The van der Waals surface area contributed by atoms with Crippen molar-refractivity contribution in [2.24, 2.45) is 5.73 Å². The lowest BCUT2D eigenvalue weighted by atomic mass is 9.93. The number of amides is 4. The molecule has 0 unspecified atom stereocenters. The first-order valence-electron chi connectivity index (χ1n) is 12.7.